The van der Waals surface area contributed by atoms with Crippen LogP contribution in [0.3, 0.4) is 0 Å². The quantitative estimate of drug-likeness (QED) is 0.734. The molecular formula is C18H24O. The van der Waals surface area contributed by atoms with E-state index in [-0.39, 0.29) is 5.92 Å². The van der Waals surface area contributed by atoms with E-state index < -0.39 is 0 Å². The zero-order valence-electron chi connectivity index (χ0n) is 11.8. The highest BCUT2D eigenvalue weighted by Crippen LogP contribution is 2.32. The summed E-state index contributed by atoms with van der Waals surface area (Å²) < 4.78 is 0. The lowest BCUT2D eigenvalue weighted by molar-refractivity contribution is -0.126. The second-order valence-electron chi connectivity index (χ2n) is 5.54. The minimum atomic E-state index is 0.272. The Morgan fingerprint density at radius 2 is 2.05 bits per heavy atom. The normalized spacial score (nSPS) is 23.9. The smallest absolute Gasteiger partial charge is 0.136 e. The van der Waals surface area contributed by atoms with Crippen molar-refractivity contribution in [3.63, 3.8) is 0 Å². The molecule has 0 bridgehead atoms. The van der Waals surface area contributed by atoms with Crippen LogP contribution in [0.15, 0.2) is 36.4 Å². The first-order valence-corrected chi connectivity index (χ1v) is 7.57. The Balaban J connectivity index is 2.03. The molecule has 0 saturated heterocycles. The molecular weight excluding hydrogens is 232 g/mol. The number of carbonyl (C=O) groups is 1. The van der Waals surface area contributed by atoms with Gasteiger partial charge in [-0.05, 0) is 30.7 Å². The molecule has 2 atom stereocenters. The molecule has 0 amide bonds. The van der Waals surface area contributed by atoms with Gasteiger partial charge in [0.25, 0.3) is 0 Å². The topological polar surface area (TPSA) is 17.1 Å². The van der Waals surface area contributed by atoms with Crippen LogP contribution in [-0.4, -0.2) is 5.78 Å². The molecule has 2 rings (SSSR count). The summed E-state index contributed by atoms with van der Waals surface area (Å²) in [5.74, 6) is 1.21. The van der Waals surface area contributed by atoms with E-state index in [1.165, 1.54) is 24.8 Å². The van der Waals surface area contributed by atoms with Crippen molar-refractivity contribution in [3.8, 4) is 0 Å². The van der Waals surface area contributed by atoms with Crippen LogP contribution in [0.1, 0.15) is 51.0 Å². The molecule has 2 unspecified atom stereocenters. The molecule has 102 valence electrons. The predicted octanol–water partition coefficient (Wildman–Crippen LogP) is 4.88. The van der Waals surface area contributed by atoms with Crippen molar-refractivity contribution in [2.75, 3.05) is 0 Å². The number of allylic oxidation sites excluding steroid dienone is 1. The molecule has 0 aromatic heterocycles. The Labute approximate surface area is 116 Å². The molecule has 0 radical (unpaired) electrons. The Morgan fingerprint density at radius 3 is 2.79 bits per heavy atom. The van der Waals surface area contributed by atoms with Gasteiger partial charge >= 0.3 is 0 Å². The highest BCUT2D eigenvalue weighted by Gasteiger charge is 2.29. The van der Waals surface area contributed by atoms with Gasteiger partial charge in [-0.1, -0.05) is 62.2 Å². The fraction of sp³-hybridized carbons (Fsp3) is 0.500. The summed E-state index contributed by atoms with van der Waals surface area (Å²) in [5, 5.41) is 0. The molecule has 1 aliphatic rings. The van der Waals surface area contributed by atoms with Gasteiger partial charge in [-0.2, -0.15) is 0 Å². The number of rotatable bonds is 5. The Morgan fingerprint density at radius 1 is 1.26 bits per heavy atom. The van der Waals surface area contributed by atoms with Crippen LogP contribution >= 0.6 is 0 Å². The van der Waals surface area contributed by atoms with E-state index in [1.807, 2.05) is 6.07 Å². The number of ketones is 1. The third-order valence-corrected chi connectivity index (χ3v) is 4.10. The van der Waals surface area contributed by atoms with Gasteiger partial charge in [0.2, 0.25) is 0 Å². The fourth-order valence-electron chi connectivity index (χ4n) is 2.97. The summed E-state index contributed by atoms with van der Waals surface area (Å²) in [7, 11) is 0. The maximum Gasteiger partial charge on any atom is 0.136 e. The van der Waals surface area contributed by atoms with Crippen molar-refractivity contribution in [1.82, 2.24) is 0 Å². The molecule has 0 N–H and O–H groups in total. The van der Waals surface area contributed by atoms with Crippen LogP contribution in [0.4, 0.5) is 0 Å². The van der Waals surface area contributed by atoms with E-state index in [1.54, 1.807) is 0 Å². The van der Waals surface area contributed by atoms with Gasteiger partial charge in [0, 0.05) is 12.3 Å². The van der Waals surface area contributed by atoms with Crippen LogP contribution < -0.4 is 0 Å². The predicted molar refractivity (Wildman–Crippen MR) is 80.8 cm³/mol. The lowest BCUT2D eigenvalue weighted by atomic mass is 9.75. The number of hydrogen-bond donors (Lipinski definition) is 0. The summed E-state index contributed by atoms with van der Waals surface area (Å²) in [6, 6.07) is 10.4. The second kappa shape index (κ2) is 7.28. The summed E-state index contributed by atoms with van der Waals surface area (Å²) >= 11 is 0. The first kappa shape index (κ1) is 14.0. The van der Waals surface area contributed by atoms with Gasteiger partial charge in [0.15, 0.2) is 0 Å². The summed E-state index contributed by atoms with van der Waals surface area (Å²) in [6.45, 7) is 2.20. The maximum absolute atomic E-state index is 12.1. The SMILES string of the molecule is CCCCC1C(=O)CCCC1/C=C/c1ccccc1. The molecule has 1 aliphatic carbocycles. The van der Waals surface area contributed by atoms with Crippen LogP contribution in [0.25, 0.3) is 6.08 Å². The van der Waals surface area contributed by atoms with E-state index in [9.17, 15) is 4.79 Å². The van der Waals surface area contributed by atoms with Crippen LogP contribution in [0, 0.1) is 11.8 Å². The lowest BCUT2D eigenvalue weighted by Crippen LogP contribution is -2.27. The minimum absolute atomic E-state index is 0.272. The second-order valence-corrected chi connectivity index (χ2v) is 5.54. The third-order valence-electron chi connectivity index (χ3n) is 4.10. The number of carbonyl (C=O) groups excluding carboxylic acids is 1. The van der Waals surface area contributed by atoms with Gasteiger partial charge in [0.1, 0.15) is 5.78 Å². The van der Waals surface area contributed by atoms with Crippen molar-refractivity contribution in [2.24, 2.45) is 11.8 Å². The third kappa shape index (κ3) is 4.05. The average molecular weight is 256 g/mol. The molecule has 1 heteroatoms. The van der Waals surface area contributed by atoms with Gasteiger partial charge in [0.05, 0.1) is 0 Å². The minimum Gasteiger partial charge on any atom is -0.299 e. The van der Waals surface area contributed by atoms with E-state index in [2.05, 4.69) is 43.3 Å². The maximum atomic E-state index is 12.1. The van der Waals surface area contributed by atoms with E-state index >= 15 is 0 Å². The van der Waals surface area contributed by atoms with Gasteiger partial charge in [-0.15, -0.1) is 0 Å². The molecule has 0 aliphatic heterocycles. The van der Waals surface area contributed by atoms with Crippen molar-refractivity contribution < 1.29 is 4.79 Å². The zero-order valence-corrected chi connectivity index (χ0v) is 11.8. The van der Waals surface area contributed by atoms with Crippen LogP contribution in [0.2, 0.25) is 0 Å². The van der Waals surface area contributed by atoms with Crippen LogP contribution in [0.5, 0.6) is 0 Å². The Bertz CT molecular complexity index is 419. The van der Waals surface area contributed by atoms with Crippen molar-refractivity contribution in [2.45, 2.75) is 45.4 Å². The van der Waals surface area contributed by atoms with Crippen LogP contribution in [-0.2, 0) is 4.79 Å². The van der Waals surface area contributed by atoms with Crippen molar-refractivity contribution in [3.05, 3.63) is 42.0 Å². The summed E-state index contributed by atoms with van der Waals surface area (Å²) in [5.41, 5.74) is 1.23. The first-order chi connectivity index (χ1) is 9.31. The number of Topliss-reactive ketones (excluding diaryl/α,β-unsaturated/α-hetero) is 1. The van der Waals surface area contributed by atoms with Crippen molar-refractivity contribution >= 4 is 11.9 Å². The monoisotopic (exact) mass is 256 g/mol. The lowest BCUT2D eigenvalue weighted by Gasteiger charge is -2.28. The number of hydrogen-bond acceptors (Lipinski definition) is 1. The first-order valence-electron chi connectivity index (χ1n) is 7.57. The molecule has 1 fully saturated rings. The summed E-state index contributed by atoms with van der Waals surface area (Å²) in [6.07, 6.45) is 10.9. The fourth-order valence-corrected chi connectivity index (χ4v) is 2.97. The van der Waals surface area contributed by atoms with Crippen molar-refractivity contribution in [1.29, 1.82) is 0 Å². The van der Waals surface area contributed by atoms with Gasteiger partial charge in [-0.3, -0.25) is 4.79 Å². The molecule has 1 aromatic carbocycles. The van der Waals surface area contributed by atoms with E-state index in [0.29, 0.717) is 11.7 Å². The number of benzene rings is 1. The molecule has 0 spiro atoms. The molecule has 19 heavy (non-hydrogen) atoms. The molecule has 1 saturated carbocycles. The molecule has 1 nitrogen and oxygen atoms in total. The van der Waals surface area contributed by atoms with E-state index in [4.69, 9.17) is 0 Å². The molecule has 1 aromatic rings. The standard InChI is InChI=1S/C18H24O/c1-2-3-11-17-16(10-7-12-18(17)19)14-13-15-8-5-4-6-9-15/h4-6,8-9,13-14,16-17H,2-3,7,10-12H2,1H3/b14-13+. The molecule has 0 heterocycles. The zero-order chi connectivity index (χ0) is 13.5. The highest BCUT2D eigenvalue weighted by atomic mass is 16.1. The average Bonchev–Trinajstić information content (AvgIpc) is 2.45. The summed E-state index contributed by atoms with van der Waals surface area (Å²) in [4.78, 5) is 12.1. The van der Waals surface area contributed by atoms with Gasteiger partial charge < -0.3 is 0 Å². The van der Waals surface area contributed by atoms with E-state index in [0.717, 1.165) is 19.3 Å². The highest BCUT2D eigenvalue weighted by molar-refractivity contribution is 5.82. The number of unbranched alkanes of at least 4 members (excludes halogenated alkanes) is 1. The Hall–Kier alpha value is -1.37. The Kier molecular flexibility index (Phi) is 5.38. The largest absolute Gasteiger partial charge is 0.299 e. The van der Waals surface area contributed by atoms with Gasteiger partial charge in [-0.25, -0.2) is 0 Å².